The highest BCUT2D eigenvalue weighted by Crippen LogP contribution is 2.37. The molecule has 19 heavy (non-hydrogen) atoms. The monoisotopic (exact) mass is 272 g/mol. The van der Waals surface area contributed by atoms with Crippen molar-refractivity contribution in [2.24, 2.45) is 0 Å². The molecule has 102 valence electrons. The molecule has 0 fully saturated rings. The number of ether oxygens (including phenoxy) is 2. The van der Waals surface area contributed by atoms with Crippen LogP contribution in [0.2, 0.25) is 0 Å². The number of pyridine rings is 1. The number of rotatable bonds is 2. The smallest absolute Gasteiger partial charge is 0.433 e. The van der Waals surface area contributed by atoms with E-state index in [4.69, 9.17) is 15.2 Å². The van der Waals surface area contributed by atoms with E-state index in [1.807, 2.05) is 0 Å². The van der Waals surface area contributed by atoms with Gasteiger partial charge in [-0.3, -0.25) is 0 Å². The summed E-state index contributed by atoms with van der Waals surface area (Å²) in [6.07, 6.45) is -4.56. The van der Waals surface area contributed by atoms with Gasteiger partial charge in [0.2, 0.25) is 0 Å². The van der Waals surface area contributed by atoms with Crippen molar-refractivity contribution in [1.82, 2.24) is 4.98 Å². The van der Waals surface area contributed by atoms with E-state index in [0.717, 1.165) is 6.07 Å². The average Bonchev–Trinajstić information content (AvgIpc) is 2.36. The van der Waals surface area contributed by atoms with Crippen LogP contribution in [0.4, 0.5) is 18.9 Å². The first-order valence-electron chi connectivity index (χ1n) is 5.26. The molecule has 0 unspecified atom stereocenters. The Morgan fingerprint density at radius 3 is 2.32 bits per heavy atom. The van der Waals surface area contributed by atoms with E-state index < -0.39 is 11.9 Å². The number of anilines is 1. The molecule has 0 atom stereocenters. The summed E-state index contributed by atoms with van der Waals surface area (Å²) in [5, 5.41) is 0.351. The van der Waals surface area contributed by atoms with Crippen LogP contribution in [0, 0.1) is 0 Å². The molecule has 1 heterocycles. The van der Waals surface area contributed by atoms with Crippen LogP contribution in [0.3, 0.4) is 0 Å². The largest absolute Gasteiger partial charge is 0.497 e. The molecule has 0 aliphatic rings. The number of halogens is 3. The number of nitrogens with two attached hydrogens (primary N) is 1. The summed E-state index contributed by atoms with van der Waals surface area (Å²) in [6.45, 7) is 0. The third-order valence-electron chi connectivity index (χ3n) is 2.63. The van der Waals surface area contributed by atoms with Gasteiger partial charge in [-0.05, 0) is 12.1 Å². The maximum Gasteiger partial charge on any atom is 0.433 e. The van der Waals surface area contributed by atoms with Gasteiger partial charge in [0.15, 0.2) is 0 Å². The third-order valence-corrected chi connectivity index (χ3v) is 2.63. The van der Waals surface area contributed by atoms with Gasteiger partial charge in [0.05, 0.1) is 14.2 Å². The predicted octanol–water partition coefficient (Wildman–Crippen LogP) is 2.85. The number of benzene rings is 1. The first kappa shape index (κ1) is 13.3. The Labute approximate surface area is 106 Å². The molecule has 0 saturated carbocycles. The van der Waals surface area contributed by atoms with Crippen LogP contribution in [-0.2, 0) is 6.18 Å². The Bertz CT molecular complexity index is 626. The van der Waals surface area contributed by atoms with E-state index in [1.165, 1.54) is 26.4 Å². The van der Waals surface area contributed by atoms with Crippen LogP contribution in [-0.4, -0.2) is 19.2 Å². The minimum absolute atomic E-state index is 0.0328. The summed E-state index contributed by atoms with van der Waals surface area (Å²) in [7, 11) is 2.78. The summed E-state index contributed by atoms with van der Waals surface area (Å²) in [5.74, 6) is 0.602. The molecule has 4 nitrogen and oxygen atoms in total. The normalized spacial score (nSPS) is 11.6. The van der Waals surface area contributed by atoms with Crippen molar-refractivity contribution in [1.29, 1.82) is 0 Å². The zero-order valence-electron chi connectivity index (χ0n) is 10.2. The molecule has 0 saturated heterocycles. The zero-order chi connectivity index (χ0) is 14.2. The highest BCUT2D eigenvalue weighted by Gasteiger charge is 2.33. The van der Waals surface area contributed by atoms with Gasteiger partial charge in [-0.25, -0.2) is 4.98 Å². The van der Waals surface area contributed by atoms with Crippen molar-refractivity contribution in [3.8, 4) is 11.5 Å². The van der Waals surface area contributed by atoms with E-state index in [2.05, 4.69) is 4.98 Å². The van der Waals surface area contributed by atoms with Crippen LogP contribution in [0.1, 0.15) is 5.69 Å². The third kappa shape index (κ3) is 2.35. The number of aromatic nitrogens is 1. The fourth-order valence-electron chi connectivity index (χ4n) is 1.71. The number of alkyl halides is 3. The highest BCUT2D eigenvalue weighted by molar-refractivity contribution is 5.95. The summed E-state index contributed by atoms with van der Waals surface area (Å²) in [4.78, 5) is 3.57. The van der Waals surface area contributed by atoms with E-state index in [9.17, 15) is 13.2 Å². The van der Waals surface area contributed by atoms with Crippen LogP contribution in [0.5, 0.6) is 11.5 Å². The van der Waals surface area contributed by atoms with Crippen LogP contribution < -0.4 is 15.2 Å². The molecular weight excluding hydrogens is 261 g/mol. The van der Waals surface area contributed by atoms with Crippen molar-refractivity contribution in [2.75, 3.05) is 20.0 Å². The van der Waals surface area contributed by atoms with Gasteiger partial charge >= 0.3 is 6.18 Å². The number of hydrogen-bond donors (Lipinski definition) is 1. The highest BCUT2D eigenvalue weighted by atomic mass is 19.4. The Hall–Kier alpha value is -2.18. The van der Waals surface area contributed by atoms with Crippen molar-refractivity contribution < 1.29 is 22.6 Å². The molecule has 0 bridgehead atoms. The molecule has 1 aromatic carbocycles. The Balaban J connectivity index is 2.80. The second-order valence-corrected chi connectivity index (χ2v) is 3.82. The predicted molar refractivity (Wildman–Crippen MR) is 64.3 cm³/mol. The second kappa shape index (κ2) is 4.49. The lowest BCUT2D eigenvalue weighted by atomic mass is 10.1. The molecule has 2 aromatic rings. The zero-order valence-corrected chi connectivity index (χ0v) is 10.2. The first-order chi connectivity index (χ1) is 8.86. The van der Waals surface area contributed by atoms with Gasteiger partial charge in [-0.15, -0.1) is 0 Å². The van der Waals surface area contributed by atoms with Crippen LogP contribution >= 0.6 is 0 Å². The quantitative estimate of drug-likeness (QED) is 0.913. The van der Waals surface area contributed by atoms with Crippen molar-refractivity contribution >= 4 is 16.6 Å². The molecule has 2 rings (SSSR count). The number of nitrogen functional groups attached to an aromatic ring is 1. The molecular formula is C12H11F3N2O2. The fourth-order valence-corrected chi connectivity index (χ4v) is 1.71. The Morgan fingerprint density at radius 2 is 1.79 bits per heavy atom. The van der Waals surface area contributed by atoms with Gasteiger partial charge in [0.25, 0.3) is 0 Å². The lowest BCUT2D eigenvalue weighted by Crippen LogP contribution is -2.09. The maximum atomic E-state index is 12.7. The van der Waals surface area contributed by atoms with E-state index in [0.29, 0.717) is 11.1 Å². The minimum atomic E-state index is -4.56. The minimum Gasteiger partial charge on any atom is -0.497 e. The average molecular weight is 272 g/mol. The summed E-state index contributed by atoms with van der Waals surface area (Å²) in [6, 6.07) is 3.76. The topological polar surface area (TPSA) is 57.4 Å². The molecule has 7 heteroatoms. The van der Waals surface area contributed by atoms with Gasteiger partial charge in [0, 0.05) is 17.1 Å². The van der Waals surface area contributed by atoms with Crippen molar-refractivity contribution in [3.63, 3.8) is 0 Å². The lowest BCUT2D eigenvalue weighted by Gasteiger charge is -2.13. The van der Waals surface area contributed by atoms with Gasteiger partial charge in [-0.1, -0.05) is 0 Å². The van der Waals surface area contributed by atoms with Crippen LogP contribution in [0.15, 0.2) is 18.2 Å². The number of methoxy groups -OCH3 is 2. The molecule has 1 aromatic heterocycles. The number of nitrogens with zero attached hydrogens (tertiary/aromatic N) is 1. The standard InChI is InChI=1S/C12H11F3N2O2/c1-18-6-3-7-8(16)5-10(12(13,14)15)17-11(7)9(4-6)19-2/h3-5H,1-2H3,(H2,16,17). The van der Waals surface area contributed by atoms with E-state index in [-0.39, 0.29) is 17.0 Å². The molecule has 0 amide bonds. The molecule has 2 N–H and O–H groups in total. The van der Waals surface area contributed by atoms with E-state index in [1.54, 1.807) is 0 Å². The second-order valence-electron chi connectivity index (χ2n) is 3.82. The molecule has 0 spiro atoms. The summed E-state index contributed by atoms with van der Waals surface area (Å²) in [5.41, 5.74) is 4.61. The molecule has 0 radical (unpaired) electrons. The maximum absolute atomic E-state index is 12.7. The fraction of sp³-hybridized carbons (Fsp3) is 0.250. The summed E-state index contributed by atoms with van der Waals surface area (Å²) >= 11 is 0. The Morgan fingerprint density at radius 1 is 1.11 bits per heavy atom. The van der Waals surface area contributed by atoms with Gasteiger partial charge < -0.3 is 15.2 Å². The SMILES string of the molecule is COc1cc(OC)c2nc(C(F)(F)F)cc(N)c2c1. The van der Waals surface area contributed by atoms with Crippen molar-refractivity contribution in [3.05, 3.63) is 23.9 Å². The number of hydrogen-bond acceptors (Lipinski definition) is 4. The lowest BCUT2D eigenvalue weighted by molar-refractivity contribution is -0.140. The van der Waals surface area contributed by atoms with Crippen molar-refractivity contribution in [2.45, 2.75) is 6.18 Å². The summed E-state index contributed by atoms with van der Waals surface area (Å²) < 4.78 is 48.1. The van der Waals surface area contributed by atoms with Crippen LogP contribution in [0.25, 0.3) is 10.9 Å². The van der Waals surface area contributed by atoms with Gasteiger partial charge in [-0.2, -0.15) is 13.2 Å². The molecule has 0 aliphatic heterocycles. The van der Waals surface area contributed by atoms with Gasteiger partial charge in [0.1, 0.15) is 22.7 Å². The number of fused-ring (bicyclic) bond motifs is 1. The van der Waals surface area contributed by atoms with E-state index >= 15 is 0 Å². The molecule has 0 aliphatic carbocycles. The Kier molecular flexibility index (Phi) is 3.13. The first-order valence-corrected chi connectivity index (χ1v) is 5.26.